The molecule has 0 amide bonds. The van der Waals surface area contributed by atoms with Gasteiger partial charge in [-0.05, 0) is 29.7 Å². The molecule has 4 nitrogen and oxygen atoms in total. The Morgan fingerprint density at radius 2 is 2.15 bits per heavy atom. The Kier molecular flexibility index (Phi) is 5.61. The molecule has 0 aliphatic rings. The minimum atomic E-state index is 0.220. The van der Waals surface area contributed by atoms with Crippen LogP contribution in [0.1, 0.15) is 29.8 Å². The summed E-state index contributed by atoms with van der Waals surface area (Å²) in [6.07, 6.45) is 0.678. The van der Waals surface area contributed by atoms with Crippen LogP contribution in [0.25, 0.3) is 0 Å². The van der Waals surface area contributed by atoms with E-state index in [0.717, 1.165) is 17.3 Å². The summed E-state index contributed by atoms with van der Waals surface area (Å²) >= 11 is 1.72. The van der Waals surface area contributed by atoms with Gasteiger partial charge in [0.2, 0.25) is 5.89 Å². The molecule has 1 aromatic carbocycles. The zero-order chi connectivity index (χ0) is 14.4. The molecule has 1 unspecified atom stereocenters. The molecule has 0 spiro atoms. The Morgan fingerprint density at radius 3 is 2.90 bits per heavy atom. The lowest BCUT2D eigenvalue weighted by Crippen LogP contribution is -2.03. The molecule has 5 heteroatoms. The fourth-order valence-electron chi connectivity index (χ4n) is 1.80. The smallest absolute Gasteiger partial charge is 0.231 e. The van der Waals surface area contributed by atoms with Crippen molar-refractivity contribution in [2.45, 2.75) is 26.0 Å². The highest BCUT2D eigenvalue weighted by Crippen LogP contribution is 2.16. The van der Waals surface area contributed by atoms with Crippen LogP contribution in [0.4, 0.5) is 0 Å². The molecule has 1 N–H and O–H groups in total. The Balaban J connectivity index is 1.88. The number of aryl methyl sites for hydroxylation is 1. The van der Waals surface area contributed by atoms with Crippen molar-refractivity contribution >= 4 is 11.8 Å². The molecule has 0 saturated carbocycles. The molecule has 108 valence electrons. The molecule has 2 aromatic rings. The second kappa shape index (κ2) is 7.45. The van der Waals surface area contributed by atoms with Gasteiger partial charge in [0.15, 0.2) is 5.82 Å². The van der Waals surface area contributed by atoms with Gasteiger partial charge in [-0.25, -0.2) is 0 Å². The Hall–Kier alpha value is -1.33. The number of aliphatic hydroxyl groups is 1. The maximum absolute atomic E-state index is 8.96. The van der Waals surface area contributed by atoms with Crippen molar-refractivity contribution in [1.82, 2.24) is 10.1 Å². The van der Waals surface area contributed by atoms with E-state index in [2.05, 4.69) is 29.2 Å². The highest BCUT2D eigenvalue weighted by atomic mass is 32.2. The second-order valence-electron chi connectivity index (χ2n) is 5.01. The van der Waals surface area contributed by atoms with Gasteiger partial charge < -0.3 is 9.63 Å². The van der Waals surface area contributed by atoms with Gasteiger partial charge in [-0.2, -0.15) is 16.7 Å². The summed E-state index contributed by atoms with van der Waals surface area (Å²) in [4.78, 5) is 4.41. The summed E-state index contributed by atoms with van der Waals surface area (Å²) in [5.74, 6) is 3.31. The van der Waals surface area contributed by atoms with E-state index in [-0.39, 0.29) is 6.61 Å². The van der Waals surface area contributed by atoms with Crippen LogP contribution in [0.5, 0.6) is 0 Å². The molecule has 0 bridgehead atoms. The number of rotatable bonds is 7. The molecule has 0 radical (unpaired) electrons. The highest BCUT2D eigenvalue weighted by Gasteiger charge is 2.09. The topological polar surface area (TPSA) is 59.2 Å². The first-order valence-corrected chi connectivity index (χ1v) is 7.89. The predicted molar refractivity (Wildman–Crippen MR) is 80.7 cm³/mol. The van der Waals surface area contributed by atoms with Gasteiger partial charge in [-0.15, -0.1) is 0 Å². The normalized spacial score (nSPS) is 12.6. The summed E-state index contributed by atoms with van der Waals surface area (Å²) < 4.78 is 5.28. The first kappa shape index (κ1) is 15.1. The number of benzene rings is 1. The van der Waals surface area contributed by atoms with Gasteiger partial charge in [-0.1, -0.05) is 36.3 Å². The first-order valence-electron chi connectivity index (χ1n) is 6.73. The lowest BCUT2D eigenvalue weighted by molar-refractivity contribution is 0.250. The maximum Gasteiger partial charge on any atom is 0.231 e. The summed E-state index contributed by atoms with van der Waals surface area (Å²) in [6.45, 7) is 4.32. The number of aliphatic hydroxyl groups excluding tert-OH is 1. The minimum absolute atomic E-state index is 0.220. The van der Waals surface area contributed by atoms with Crippen molar-refractivity contribution < 1.29 is 9.63 Å². The average molecular weight is 292 g/mol. The van der Waals surface area contributed by atoms with Crippen LogP contribution in [-0.2, 0) is 12.2 Å². The van der Waals surface area contributed by atoms with Gasteiger partial charge in [0.25, 0.3) is 0 Å². The van der Waals surface area contributed by atoms with Crippen LogP contribution in [0.15, 0.2) is 28.8 Å². The van der Waals surface area contributed by atoms with Crippen molar-refractivity contribution in [2.75, 3.05) is 12.4 Å². The average Bonchev–Trinajstić information content (AvgIpc) is 2.89. The van der Waals surface area contributed by atoms with E-state index >= 15 is 0 Å². The number of thioether (sulfide) groups is 1. The summed E-state index contributed by atoms with van der Waals surface area (Å²) in [5.41, 5.74) is 2.45. The lowest BCUT2D eigenvalue weighted by atomic mass is 10.1. The van der Waals surface area contributed by atoms with Crippen molar-refractivity contribution in [3.05, 3.63) is 47.1 Å². The largest absolute Gasteiger partial charge is 0.396 e. The maximum atomic E-state index is 8.96. The fourth-order valence-corrected chi connectivity index (χ4v) is 2.72. The quantitative estimate of drug-likeness (QED) is 0.850. The molecule has 0 fully saturated rings. The summed E-state index contributed by atoms with van der Waals surface area (Å²) in [6, 6.07) is 8.21. The molecule has 20 heavy (non-hydrogen) atoms. The second-order valence-corrected chi connectivity index (χ2v) is 6.04. The first-order chi connectivity index (χ1) is 9.69. The van der Waals surface area contributed by atoms with Gasteiger partial charge in [0, 0.05) is 6.61 Å². The minimum Gasteiger partial charge on any atom is -0.396 e. The van der Waals surface area contributed by atoms with Crippen LogP contribution in [-0.4, -0.2) is 27.6 Å². The SMILES string of the molecule is Cc1ccccc1Cc1nc(CSCC(C)CO)no1. The van der Waals surface area contributed by atoms with Crippen LogP contribution in [0.3, 0.4) is 0 Å². The van der Waals surface area contributed by atoms with Crippen molar-refractivity contribution in [2.24, 2.45) is 5.92 Å². The molecule has 1 heterocycles. The number of hydrogen-bond donors (Lipinski definition) is 1. The molecule has 0 aliphatic heterocycles. The van der Waals surface area contributed by atoms with Crippen molar-refractivity contribution in [3.63, 3.8) is 0 Å². The standard InChI is InChI=1S/C15H20N2O2S/c1-11(8-18)9-20-10-14-16-15(19-17-14)7-13-6-4-3-5-12(13)2/h3-6,11,18H,7-10H2,1-2H3. The van der Waals surface area contributed by atoms with Gasteiger partial charge in [-0.3, -0.25) is 0 Å². The third-order valence-electron chi connectivity index (χ3n) is 3.06. The van der Waals surface area contributed by atoms with Crippen LogP contribution < -0.4 is 0 Å². The van der Waals surface area contributed by atoms with Crippen LogP contribution in [0.2, 0.25) is 0 Å². The third-order valence-corrected chi connectivity index (χ3v) is 4.33. The van der Waals surface area contributed by atoms with Crippen molar-refractivity contribution in [1.29, 1.82) is 0 Å². The summed E-state index contributed by atoms with van der Waals surface area (Å²) in [5, 5.41) is 13.0. The Morgan fingerprint density at radius 1 is 1.35 bits per heavy atom. The molecule has 1 atom stereocenters. The predicted octanol–water partition coefficient (Wildman–Crippen LogP) is 2.83. The van der Waals surface area contributed by atoms with E-state index in [9.17, 15) is 0 Å². The van der Waals surface area contributed by atoms with Gasteiger partial charge in [0.05, 0.1) is 12.2 Å². The number of aromatic nitrogens is 2. The zero-order valence-electron chi connectivity index (χ0n) is 11.9. The Bertz CT molecular complexity index is 542. The third kappa shape index (κ3) is 4.35. The molecule has 0 aliphatic carbocycles. The van der Waals surface area contributed by atoms with Gasteiger partial charge in [0.1, 0.15) is 0 Å². The molecule has 2 rings (SSSR count). The van der Waals surface area contributed by atoms with Gasteiger partial charge >= 0.3 is 0 Å². The Labute approximate surface area is 123 Å². The van der Waals surface area contributed by atoms with E-state index in [1.165, 1.54) is 11.1 Å². The molecule has 0 saturated heterocycles. The van der Waals surface area contributed by atoms with E-state index in [1.807, 2.05) is 19.1 Å². The molecular formula is C15H20N2O2S. The molecular weight excluding hydrogens is 272 g/mol. The monoisotopic (exact) mass is 292 g/mol. The van der Waals surface area contributed by atoms with E-state index in [1.54, 1.807) is 11.8 Å². The zero-order valence-corrected chi connectivity index (χ0v) is 12.7. The van der Waals surface area contributed by atoms with Crippen LogP contribution in [0, 0.1) is 12.8 Å². The highest BCUT2D eigenvalue weighted by molar-refractivity contribution is 7.98. The van der Waals surface area contributed by atoms with E-state index < -0.39 is 0 Å². The van der Waals surface area contributed by atoms with Crippen molar-refractivity contribution in [3.8, 4) is 0 Å². The number of hydrogen-bond acceptors (Lipinski definition) is 5. The number of nitrogens with zero attached hydrogens (tertiary/aromatic N) is 2. The summed E-state index contributed by atoms with van der Waals surface area (Å²) in [7, 11) is 0. The van der Waals surface area contributed by atoms with Crippen LogP contribution >= 0.6 is 11.8 Å². The fraction of sp³-hybridized carbons (Fsp3) is 0.467. The van der Waals surface area contributed by atoms with E-state index in [4.69, 9.17) is 9.63 Å². The lowest BCUT2D eigenvalue weighted by Gasteiger charge is -2.04. The van der Waals surface area contributed by atoms with E-state index in [0.29, 0.717) is 18.2 Å². The molecule has 1 aromatic heterocycles.